The van der Waals surface area contributed by atoms with Crippen LogP contribution in [0, 0.1) is 6.92 Å². The Labute approximate surface area is 203 Å². The molecule has 0 spiro atoms. The SMILES string of the molecule is COc1ccc(/C=C/C(=O)N(Cc2ccccc2)c2nc3c(OC)ccc(C)c3s2)cc1OC. The van der Waals surface area contributed by atoms with E-state index in [2.05, 4.69) is 0 Å². The summed E-state index contributed by atoms with van der Waals surface area (Å²) < 4.78 is 17.2. The van der Waals surface area contributed by atoms with Crippen molar-refractivity contribution in [3.05, 3.63) is 83.4 Å². The van der Waals surface area contributed by atoms with Crippen molar-refractivity contribution in [1.29, 1.82) is 0 Å². The predicted molar refractivity (Wildman–Crippen MR) is 137 cm³/mol. The molecule has 0 unspecified atom stereocenters. The van der Waals surface area contributed by atoms with Gasteiger partial charge in [-0.2, -0.15) is 0 Å². The predicted octanol–water partition coefficient (Wildman–Crippen LogP) is 5.88. The third-order valence-electron chi connectivity index (χ3n) is 5.42. The fourth-order valence-corrected chi connectivity index (χ4v) is 4.65. The van der Waals surface area contributed by atoms with E-state index in [0.717, 1.165) is 26.9 Å². The number of hydrogen-bond donors (Lipinski definition) is 0. The molecule has 0 aliphatic rings. The molecule has 0 saturated carbocycles. The topological polar surface area (TPSA) is 60.9 Å². The lowest BCUT2D eigenvalue weighted by Gasteiger charge is -2.18. The van der Waals surface area contributed by atoms with Gasteiger partial charge in [0, 0.05) is 6.08 Å². The van der Waals surface area contributed by atoms with Gasteiger partial charge in [-0.3, -0.25) is 9.69 Å². The zero-order chi connectivity index (χ0) is 24.1. The van der Waals surface area contributed by atoms with E-state index in [4.69, 9.17) is 19.2 Å². The summed E-state index contributed by atoms with van der Waals surface area (Å²) in [6, 6.07) is 19.3. The van der Waals surface area contributed by atoms with E-state index in [0.29, 0.717) is 28.9 Å². The molecule has 34 heavy (non-hydrogen) atoms. The minimum absolute atomic E-state index is 0.172. The van der Waals surface area contributed by atoms with Gasteiger partial charge >= 0.3 is 0 Å². The average Bonchev–Trinajstić information content (AvgIpc) is 3.32. The zero-order valence-electron chi connectivity index (χ0n) is 19.6. The van der Waals surface area contributed by atoms with Crippen LogP contribution >= 0.6 is 11.3 Å². The molecule has 6 nitrogen and oxygen atoms in total. The Morgan fingerprint density at radius 1 is 0.941 bits per heavy atom. The molecule has 0 saturated heterocycles. The van der Waals surface area contributed by atoms with E-state index in [1.807, 2.05) is 67.6 Å². The highest BCUT2D eigenvalue weighted by molar-refractivity contribution is 7.22. The molecular formula is C27H26N2O4S. The maximum Gasteiger partial charge on any atom is 0.253 e. The van der Waals surface area contributed by atoms with E-state index in [-0.39, 0.29) is 5.91 Å². The highest BCUT2D eigenvalue weighted by Crippen LogP contribution is 2.37. The molecule has 0 atom stereocenters. The number of nitrogens with zero attached hydrogens (tertiary/aromatic N) is 2. The van der Waals surface area contributed by atoms with Gasteiger partial charge in [0.2, 0.25) is 0 Å². The molecular weight excluding hydrogens is 448 g/mol. The molecule has 3 aromatic carbocycles. The molecule has 0 aliphatic heterocycles. The number of methoxy groups -OCH3 is 3. The minimum Gasteiger partial charge on any atom is -0.494 e. The summed E-state index contributed by atoms with van der Waals surface area (Å²) >= 11 is 1.49. The van der Waals surface area contributed by atoms with Gasteiger partial charge < -0.3 is 14.2 Å². The van der Waals surface area contributed by atoms with Gasteiger partial charge in [0.25, 0.3) is 5.91 Å². The lowest BCUT2D eigenvalue weighted by atomic mass is 10.1. The Morgan fingerprint density at radius 3 is 2.35 bits per heavy atom. The van der Waals surface area contributed by atoms with Gasteiger partial charge in [0.1, 0.15) is 11.3 Å². The Bertz CT molecular complexity index is 1330. The average molecular weight is 475 g/mol. The van der Waals surface area contributed by atoms with Gasteiger partial charge in [0.15, 0.2) is 16.6 Å². The van der Waals surface area contributed by atoms with Crippen LogP contribution in [0.1, 0.15) is 16.7 Å². The summed E-state index contributed by atoms with van der Waals surface area (Å²) in [7, 11) is 4.80. The van der Waals surface area contributed by atoms with Crippen LogP contribution in [0.5, 0.6) is 17.2 Å². The third-order valence-corrected chi connectivity index (χ3v) is 6.63. The van der Waals surface area contributed by atoms with Crippen LogP contribution in [0.4, 0.5) is 5.13 Å². The number of ether oxygens (including phenoxy) is 3. The summed E-state index contributed by atoms with van der Waals surface area (Å²) in [5.41, 5.74) is 3.69. The fourth-order valence-electron chi connectivity index (χ4n) is 3.60. The van der Waals surface area contributed by atoms with Crippen LogP contribution in [0.2, 0.25) is 0 Å². The first-order valence-corrected chi connectivity index (χ1v) is 11.6. The quantitative estimate of drug-likeness (QED) is 0.299. The standard InChI is InChI=1S/C27H26N2O4S/c1-18-10-13-22(32-3)25-26(18)34-27(28-25)29(17-20-8-6-5-7-9-20)24(30)15-12-19-11-14-21(31-2)23(16-19)33-4/h5-16H,17H2,1-4H3/b15-12+. The number of rotatable bonds is 8. The third kappa shape index (κ3) is 4.89. The second-order valence-electron chi connectivity index (χ2n) is 7.62. The lowest BCUT2D eigenvalue weighted by Crippen LogP contribution is -2.28. The minimum atomic E-state index is -0.172. The van der Waals surface area contributed by atoms with Crippen molar-refractivity contribution in [2.45, 2.75) is 13.5 Å². The molecule has 0 radical (unpaired) electrons. The van der Waals surface area contributed by atoms with Crippen LogP contribution in [0.25, 0.3) is 16.3 Å². The number of amides is 1. The van der Waals surface area contributed by atoms with Gasteiger partial charge in [-0.05, 0) is 47.9 Å². The van der Waals surface area contributed by atoms with Crippen LogP contribution in [-0.4, -0.2) is 32.2 Å². The summed E-state index contributed by atoms with van der Waals surface area (Å²) in [4.78, 5) is 19.9. The van der Waals surface area contributed by atoms with Crippen molar-refractivity contribution in [2.75, 3.05) is 26.2 Å². The van der Waals surface area contributed by atoms with Crippen molar-refractivity contribution in [3.63, 3.8) is 0 Å². The van der Waals surface area contributed by atoms with Crippen molar-refractivity contribution in [2.24, 2.45) is 0 Å². The highest BCUT2D eigenvalue weighted by atomic mass is 32.1. The summed E-state index contributed by atoms with van der Waals surface area (Å²) in [6.07, 6.45) is 3.32. The molecule has 4 rings (SSSR count). The summed E-state index contributed by atoms with van der Waals surface area (Å²) in [5.74, 6) is 1.76. The first kappa shape index (κ1) is 23.3. The lowest BCUT2D eigenvalue weighted by molar-refractivity contribution is -0.114. The maximum atomic E-state index is 13.4. The Morgan fingerprint density at radius 2 is 1.65 bits per heavy atom. The van der Waals surface area contributed by atoms with E-state index >= 15 is 0 Å². The second-order valence-corrected chi connectivity index (χ2v) is 8.59. The molecule has 7 heteroatoms. The number of aryl methyl sites for hydroxylation is 1. The number of anilines is 1. The van der Waals surface area contributed by atoms with Crippen LogP contribution < -0.4 is 19.1 Å². The molecule has 0 aliphatic carbocycles. The molecule has 1 heterocycles. The van der Waals surface area contributed by atoms with E-state index in [1.165, 1.54) is 11.3 Å². The van der Waals surface area contributed by atoms with Crippen LogP contribution in [0.3, 0.4) is 0 Å². The van der Waals surface area contributed by atoms with Crippen LogP contribution in [0.15, 0.2) is 66.7 Å². The Balaban J connectivity index is 1.70. The number of fused-ring (bicyclic) bond motifs is 1. The molecule has 4 aromatic rings. The van der Waals surface area contributed by atoms with Crippen LogP contribution in [-0.2, 0) is 11.3 Å². The first-order valence-electron chi connectivity index (χ1n) is 10.7. The fraction of sp³-hybridized carbons (Fsp3) is 0.185. The number of benzene rings is 3. The van der Waals surface area contributed by atoms with E-state index in [1.54, 1.807) is 38.4 Å². The monoisotopic (exact) mass is 474 g/mol. The van der Waals surface area contributed by atoms with Gasteiger partial charge in [0.05, 0.1) is 32.6 Å². The summed E-state index contributed by atoms with van der Waals surface area (Å²) in [6.45, 7) is 2.43. The number of carbonyl (C=O) groups excluding carboxylic acids is 1. The first-order chi connectivity index (χ1) is 16.5. The Kier molecular flexibility index (Phi) is 7.13. The maximum absolute atomic E-state index is 13.4. The molecule has 1 amide bonds. The molecule has 0 fully saturated rings. The largest absolute Gasteiger partial charge is 0.494 e. The smallest absolute Gasteiger partial charge is 0.253 e. The van der Waals surface area contributed by atoms with Crippen molar-refractivity contribution in [3.8, 4) is 17.2 Å². The Hall–Kier alpha value is -3.84. The van der Waals surface area contributed by atoms with Gasteiger partial charge in [-0.15, -0.1) is 0 Å². The highest BCUT2D eigenvalue weighted by Gasteiger charge is 2.20. The number of carbonyl (C=O) groups is 1. The molecule has 174 valence electrons. The number of aromatic nitrogens is 1. The van der Waals surface area contributed by atoms with E-state index < -0.39 is 0 Å². The molecule has 0 bridgehead atoms. The van der Waals surface area contributed by atoms with E-state index in [9.17, 15) is 4.79 Å². The summed E-state index contributed by atoms with van der Waals surface area (Å²) in [5, 5.41) is 0.619. The second kappa shape index (κ2) is 10.4. The van der Waals surface area contributed by atoms with Gasteiger partial charge in [-0.1, -0.05) is 53.8 Å². The molecule has 0 N–H and O–H groups in total. The normalized spacial score (nSPS) is 11.1. The van der Waals surface area contributed by atoms with Gasteiger partial charge in [-0.25, -0.2) is 4.98 Å². The zero-order valence-corrected chi connectivity index (χ0v) is 20.4. The van der Waals surface area contributed by atoms with Crippen molar-refractivity contribution >= 4 is 38.7 Å². The number of hydrogen-bond acceptors (Lipinski definition) is 6. The van der Waals surface area contributed by atoms with Crippen molar-refractivity contribution < 1.29 is 19.0 Å². The number of thiazole rings is 1. The molecule has 1 aromatic heterocycles. The van der Waals surface area contributed by atoms with Crippen molar-refractivity contribution in [1.82, 2.24) is 4.98 Å².